The van der Waals surface area contributed by atoms with Crippen LogP contribution in [0.4, 0.5) is 4.39 Å². The Morgan fingerprint density at radius 1 is 1.14 bits per heavy atom. The zero-order valence-corrected chi connectivity index (χ0v) is 13.3. The molecule has 5 heteroatoms. The molecule has 0 aliphatic carbocycles. The Labute approximate surface area is 132 Å². The summed E-state index contributed by atoms with van der Waals surface area (Å²) in [6.45, 7) is 0.837. The van der Waals surface area contributed by atoms with Crippen LogP contribution in [0.2, 0.25) is 0 Å². The molecular formula is C16H17BrFNO2. The molecule has 0 bridgehead atoms. The Hall–Kier alpha value is -1.59. The van der Waals surface area contributed by atoms with Crippen molar-refractivity contribution in [3.05, 3.63) is 57.8 Å². The van der Waals surface area contributed by atoms with Gasteiger partial charge in [-0.3, -0.25) is 0 Å². The molecule has 0 aromatic heterocycles. The SMILES string of the molecule is COc1ccc(COc2ccc(Br)cc2CCN)cc1F. The van der Waals surface area contributed by atoms with Gasteiger partial charge in [-0.15, -0.1) is 0 Å². The first-order chi connectivity index (χ1) is 10.1. The Balaban J connectivity index is 2.10. The minimum Gasteiger partial charge on any atom is -0.494 e. The van der Waals surface area contributed by atoms with E-state index in [1.54, 1.807) is 12.1 Å². The summed E-state index contributed by atoms with van der Waals surface area (Å²) in [6, 6.07) is 10.6. The van der Waals surface area contributed by atoms with Crippen molar-refractivity contribution in [3.8, 4) is 11.5 Å². The van der Waals surface area contributed by atoms with Crippen LogP contribution in [0.1, 0.15) is 11.1 Å². The third-order valence-corrected chi connectivity index (χ3v) is 3.54. The molecule has 2 N–H and O–H groups in total. The Kier molecular flexibility index (Phi) is 5.59. The molecule has 0 amide bonds. The second kappa shape index (κ2) is 7.43. The summed E-state index contributed by atoms with van der Waals surface area (Å²) in [6.07, 6.45) is 0.728. The molecule has 0 saturated heterocycles. The summed E-state index contributed by atoms with van der Waals surface area (Å²) in [5.41, 5.74) is 7.38. The average molecular weight is 354 g/mol. The van der Waals surface area contributed by atoms with Crippen LogP contribution in [0, 0.1) is 5.82 Å². The number of methoxy groups -OCH3 is 1. The van der Waals surface area contributed by atoms with E-state index in [1.165, 1.54) is 13.2 Å². The van der Waals surface area contributed by atoms with Gasteiger partial charge >= 0.3 is 0 Å². The standard InChI is InChI=1S/C16H17BrFNO2/c1-20-16-4-2-11(8-14(16)18)10-21-15-5-3-13(17)9-12(15)6-7-19/h2-5,8-9H,6-7,10,19H2,1H3. The van der Waals surface area contributed by atoms with Crippen LogP contribution in [0.15, 0.2) is 40.9 Å². The summed E-state index contributed by atoms with van der Waals surface area (Å²) < 4.78 is 25.3. The Morgan fingerprint density at radius 2 is 1.90 bits per heavy atom. The van der Waals surface area contributed by atoms with E-state index in [0.717, 1.165) is 27.8 Å². The lowest BCUT2D eigenvalue weighted by atomic mass is 10.1. The highest BCUT2D eigenvalue weighted by Gasteiger charge is 2.07. The number of ether oxygens (including phenoxy) is 2. The molecule has 0 atom stereocenters. The maximum absolute atomic E-state index is 13.6. The second-order valence-electron chi connectivity index (χ2n) is 4.55. The first-order valence-electron chi connectivity index (χ1n) is 6.57. The molecule has 0 heterocycles. The molecule has 2 aromatic rings. The van der Waals surface area contributed by atoms with E-state index in [9.17, 15) is 4.39 Å². The van der Waals surface area contributed by atoms with Gasteiger partial charge in [-0.05, 0) is 54.4 Å². The quantitative estimate of drug-likeness (QED) is 0.861. The van der Waals surface area contributed by atoms with Gasteiger partial charge in [-0.2, -0.15) is 0 Å². The molecule has 3 nitrogen and oxygen atoms in total. The molecule has 21 heavy (non-hydrogen) atoms. The minimum atomic E-state index is -0.392. The van der Waals surface area contributed by atoms with Gasteiger partial charge in [0.1, 0.15) is 12.4 Å². The molecule has 0 fully saturated rings. The average Bonchev–Trinajstić information content (AvgIpc) is 2.47. The summed E-state index contributed by atoms with van der Waals surface area (Å²) in [4.78, 5) is 0. The summed E-state index contributed by atoms with van der Waals surface area (Å²) in [5.74, 6) is 0.600. The van der Waals surface area contributed by atoms with Gasteiger partial charge in [0.25, 0.3) is 0 Å². The minimum absolute atomic E-state index is 0.228. The van der Waals surface area contributed by atoms with Crippen molar-refractivity contribution in [1.82, 2.24) is 0 Å². The van der Waals surface area contributed by atoms with Crippen molar-refractivity contribution in [2.45, 2.75) is 13.0 Å². The molecular weight excluding hydrogens is 337 g/mol. The molecule has 0 unspecified atom stereocenters. The van der Waals surface area contributed by atoms with Crippen molar-refractivity contribution < 1.29 is 13.9 Å². The fraction of sp³-hybridized carbons (Fsp3) is 0.250. The zero-order chi connectivity index (χ0) is 15.2. The van der Waals surface area contributed by atoms with Gasteiger partial charge in [-0.25, -0.2) is 4.39 Å². The van der Waals surface area contributed by atoms with Crippen LogP contribution >= 0.6 is 15.9 Å². The van der Waals surface area contributed by atoms with Crippen molar-refractivity contribution in [2.24, 2.45) is 5.73 Å². The van der Waals surface area contributed by atoms with Gasteiger partial charge in [0.05, 0.1) is 7.11 Å². The number of rotatable bonds is 6. The third kappa shape index (κ3) is 4.19. The van der Waals surface area contributed by atoms with E-state index in [-0.39, 0.29) is 5.75 Å². The predicted octanol–water partition coefficient (Wildman–Crippen LogP) is 3.68. The smallest absolute Gasteiger partial charge is 0.165 e. The van der Waals surface area contributed by atoms with Gasteiger partial charge in [-0.1, -0.05) is 22.0 Å². The lowest BCUT2D eigenvalue weighted by molar-refractivity contribution is 0.301. The third-order valence-electron chi connectivity index (χ3n) is 3.05. The highest BCUT2D eigenvalue weighted by atomic mass is 79.9. The highest BCUT2D eigenvalue weighted by molar-refractivity contribution is 9.10. The first-order valence-corrected chi connectivity index (χ1v) is 7.37. The van der Waals surface area contributed by atoms with Crippen LogP contribution in [0.25, 0.3) is 0 Å². The van der Waals surface area contributed by atoms with E-state index < -0.39 is 5.82 Å². The van der Waals surface area contributed by atoms with E-state index >= 15 is 0 Å². The highest BCUT2D eigenvalue weighted by Crippen LogP contribution is 2.25. The van der Waals surface area contributed by atoms with Crippen LogP contribution in [0.3, 0.4) is 0 Å². The van der Waals surface area contributed by atoms with E-state index in [2.05, 4.69) is 15.9 Å². The maximum atomic E-state index is 13.6. The van der Waals surface area contributed by atoms with Crippen molar-refractivity contribution >= 4 is 15.9 Å². The molecule has 112 valence electrons. The first kappa shape index (κ1) is 15.8. The van der Waals surface area contributed by atoms with Crippen LogP contribution < -0.4 is 15.2 Å². The van der Waals surface area contributed by atoms with Gasteiger partial charge in [0.15, 0.2) is 11.6 Å². The topological polar surface area (TPSA) is 44.5 Å². The predicted molar refractivity (Wildman–Crippen MR) is 84.2 cm³/mol. The molecule has 0 spiro atoms. The van der Waals surface area contributed by atoms with Gasteiger partial charge in [0, 0.05) is 4.47 Å². The fourth-order valence-corrected chi connectivity index (χ4v) is 2.41. The van der Waals surface area contributed by atoms with Crippen LogP contribution in [-0.2, 0) is 13.0 Å². The lowest BCUT2D eigenvalue weighted by Crippen LogP contribution is -2.05. The number of hydrogen-bond acceptors (Lipinski definition) is 3. The fourth-order valence-electron chi connectivity index (χ4n) is 2.00. The summed E-state index contributed by atoms with van der Waals surface area (Å²) in [7, 11) is 1.44. The lowest BCUT2D eigenvalue weighted by Gasteiger charge is -2.12. The molecule has 0 saturated carbocycles. The van der Waals surface area contributed by atoms with E-state index in [1.807, 2.05) is 18.2 Å². The number of benzene rings is 2. The van der Waals surface area contributed by atoms with E-state index in [0.29, 0.717) is 13.2 Å². The Morgan fingerprint density at radius 3 is 2.57 bits per heavy atom. The largest absolute Gasteiger partial charge is 0.494 e. The molecule has 0 aliphatic rings. The van der Waals surface area contributed by atoms with E-state index in [4.69, 9.17) is 15.2 Å². The molecule has 2 rings (SSSR count). The van der Waals surface area contributed by atoms with Crippen LogP contribution in [0.5, 0.6) is 11.5 Å². The summed E-state index contributed by atoms with van der Waals surface area (Å²) in [5, 5.41) is 0. The molecule has 2 aromatic carbocycles. The number of nitrogens with two attached hydrogens (primary N) is 1. The molecule has 0 aliphatic heterocycles. The second-order valence-corrected chi connectivity index (χ2v) is 5.46. The monoisotopic (exact) mass is 353 g/mol. The van der Waals surface area contributed by atoms with Gasteiger partial charge in [0.2, 0.25) is 0 Å². The van der Waals surface area contributed by atoms with Gasteiger partial charge < -0.3 is 15.2 Å². The number of halogens is 2. The maximum Gasteiger partial charge on any atom is 0.165 e. The summed E-state index contributed by atoms with van der Waals surface area (Å²) >= 11 is 3.43. The Bertz CT molecular complexity index is 619. The zero-order valence-electron chi connectivity index (χ0n) is 11.7. The van der Waals surface area contributed by atoms with Crippen molar-refractivity contribution in [3.63, 3.8) is 0 Å². The van der Waals surface area contributed by atoms with Crippen molar-refractivity contribution in [1.29, 1.82) is 0 Å². The number of hydrogen-bond donors (Lipinski definition) is 1. The normalized spacial score (nSPS) is 10.5. The van der Waals surface area contributed by atoms with Crippen molar-refractivity contribution in [2.75, 3.05) is 13.7 Å². The molecule has 0 radical (unpaired) electrons. The van der Waals surface area contributed by atoms with Crippen LogP contribution in [-0.4, -0.2) is 13.7 Å².